The number of halogens is 4. The summed E-state index contributed by atoms with van der Waals surface area (Å²) in [5.74, 6) is 1.85. The monoisotopic (exact) mass is 588 g/mol. The Hall–Kier alpha value is -0.440. The lowest BCUT2D eigenvalue weighted by Gasteiger charge is -2.10. The van der Waals surface area contributed by atoms with Crippen molar-refractivity contribution in [1.82, 2.24) is 0 Å². The van der Waals surface area contributed by atoms with E-state index in [9.17, 15) is 0 Å². The van der Waals surface area contributed by atoms with Gasteiger partial charge in [0.05, 0.1) is 31.1 Å². The van der Waals surface area contributed by atoms with Gasteiger partial charge in [-0.15, -0.1) is 0 Å². The molecule has 0 amide bonds. The smallest absolute Gasteiger partial charge is 0.134 e. The first kappa shape index (κ1) is 21.6. The van der Waals surface area contributed by atoms with E-state index in [0.29, 0.717) is 22.2 Å². The molecule has 4 nitrogen and oxygen atoms in total. The SMILES string of the molecule is CCOc1cc(Br)c(OCC)cc1Br.Oc1cc(Br)c(O)cc1Br. The molecule has 0 aliphatic heterocycles. The molecule has 0 radical (unpaired) electrons. The second kappa shape index (κ2) is 10.5. The number of ether oxygens (including phenoxy) is 2. The summed E-state index contributed by atoms with van der Waals surface area (Å²) >= 11 is 13.0. The van der Waals surface area contributed by atoms with E-state index in [0.717, 1.165) is 20.4 Å². The maximum atomic E-state index is 9.04. The first-order valence-corrected chi connectivity index (χ1v) is 10.1. The number of rotatable bonds is 4. The summed E-state index contributed by atoms with van der Waals surface area (Å²) in [5, 5.41) is 18.1. The molecule has 0 aliphatic carbocycles. The Kier molecular flexibility index (Phi) is 9.48. The van der Waals surface area contributed by atoms with E-state index in [-0.39, 0.29) is 11.5 Å². The molecule has 2 aromatic carbocycles. The summed E-state index contributed by atoms with van der Waals surface area (Å²) in [7, 11) is 0. The molecule has 2 aromatic rings. The van der Waals surface area contributed by atoms with E-state index in [1.54, 1.807) is 0 Å². The van der Waals surface area contributed by atoms with Crippen LogP contribution in [-0.2, 0) is 0 Å². The van der Waals surface area contributed by atoms with Crippen LogP contribution in [0.2, 0.25) is 0 Å². The van der Waals surface area contributed by atoms with Gasteiger partial charge in [-0.05, 0) is 102 Å². The van der Waals surface area contributed by atoms with Crippen LogP contribution in [0.15, 0.2) is 42.2 Å². The molecule has 0 atom stereocenters. The molecule has 0 saturated heterocycles. The van der Waals surface area contributed by atoms with Crippen molar-refractivity contribution < 1.29 is 19.7 Å². The number of phenolic OH excluding ortho intramolecular Hbond substituents is 2. The maximum absolute atomic E-state index is 9.04. The fraction of sp³-hybridized carbons (Fsp3) is 0.250. The van der Waals surface area contributed by atoms with Gasteiger partial charge in [0, 0.05) is 0 Å². The van der Waals surface area contributed by atoms with E-state index in [2.05, 4.69) is 63.7 Å². The third-order valence-corrected chi connectivity index (χ3v) is 5.11. The van der Waals surface area contributed by atoms with Crippen molar-refractivity contribution in [2.24, 2.45) is 0 Å². The molecule has 0 spiro atoms. The third-order valence-electron chi connectivity index (χ3n) is 2.60. The minimum atomic E-state index is 0.102. The number of hydrogen-bond donors (Lipinski definition) is 2. The van der Waals surface area contributed by atoms with Gasteiger partial charge in [-0.25, -0.2) is 0 Å². The van der Waals surface area contributed by atoms with Crippen LogP contribution in [0.25, 0.3) is 0 Å². The maximum Gasteiger partial charge on any atom is 0.134 e. The predicted molar refractivity (Wildman–Crippen MR) is 109 cm³/mol. The van der Waals surface area contributed by atoms with Crippen molar-refractivity contribution in [3.63, 3.8) is 0 Å². The summed E-state index contributed by atoms with van der Waals surface area (Å²) in [5.41, 5.74) is 0. The summed E-state index contributed by atoms with van der Waals surface area (Å²) in [6.45, 7) is 5.21. The molecular weight excluding hydrogens is 576 g/mol. The zero-order valence-electron chi connectivity index (χ0n) is 12.9. The standard InChI is InChI=1S/C10H12Br2O2.C6H4Br2O2/c1-3-13-9-5-8(12)10(14-4-2)6-7(9)11;7-3-1-5(9)4(8)2-6(3)10/h5-6H,3-4H2,1-2H3;1-2,9-10H. The first-order valence-electron chi connectivity index (χ1n) is 6.91. The Labute approximate surface area is 174 Å². The minimum absolute atomic E-state index is 0.102. The van der Waals surface area contributed by atoms with Crippen molar-refractivity contribution in [3.8, 4) is 23.0 Å². The largest absolute Gasteiger partial charge is 0.507 e. The van der Waals surface area contributed by atoms with Crippen LogP contribution in [0.5, 0.6) is 23.0 Å². The molecule has 0 bridgehead atoms. The lowest BCUT2D eigenvalue weighted by molar-refractivity contribution is 0.327. The van der Waals surface area contributed by atoms with Crippen LogP contribution in [0.1, 0.15) is 13.8 Å². The summed E-state index contributed by atoms with van der Waals surface area (Å²) < 4.78 is 13.6. The molecule has 0 saturated carbocycles. The Morgan fingerprint density at radius 3 is 1.29 bits per heavy atom. The molecule has 2 N–H and O–H groups in total. The van der Waals surface area contributed by atoms with Crippen molar-refractivity contribution in [1.29, 1.82) is 0 Å². The second-order valence-corrected chi connectivity index (χ2v) is 7.75. The van der Waals surface area contributed by atoms with Crippen LogP contribution >= 0.6 is 63.7 Å². The van der Waals surface area contributed by atoms with Gasteiger partial charge in [0.25, 0.3) is 0 Å². The van der Waals surface area contributed by atoms with Crippen LogP contribution in [0.4, 0.5) is 0 Å². The fourth-order valence-electron chi connectivity index (χ4n) is 1.57. The minimum Gasteiger partial charge on any atom is -0.507 e. The Morgan fingerprint density at radius 2 is 1.00 bits per heavy atom. The van der Waals surface area contributed by atoms with E-state index >= 15 is 0 Å². The van der Waals surface area contributed by atoms with E-state index < -0.39 is 0 Å². The topological polar surface area (TPSA) is 58.9 Å². The highest BCUT2D eigenvalue weighted by molar-refractivity contribution is 9.11. The van der Waals surface area contributed by atoms with Gasteiger partial charge in [-0.3, -0.25) is 0 Å². The summed E-state index contributed by atoms with van der Waals surface area (Å²) in [4.78, 5) is 0. The third kappa shape index (κ3) is 6.46. The Balaban J connectivity index is 0.000000254. The number of hydrogen-bond acceptors (Lipinski definition) is 4. The van der Waals surface area contributed by atoms with Gasteiger partial charge in [-0.2, -0.15) is 0 Å². The molecular formula is C16H16Br4O4. The van der Waals surface area contributed by atoms with Crippen LogP contribution < -0.4 is 9.47 Å². The zero-order chi connectivity index (χ0) is 18.3. The zero-order valence-corrected chi connectivity index (χ0v) is 19.3. The highest BCUT2D eigenvalue weighted by atomic mass is 79.9. The number of benzene rings is 2. The van der Waals surface area contributed by atoms with Crippen molar-refractivity contribution in [2.75, 3.05) is 13.2 Å². The molecule has 2 rings (SSSR count). The van der Waals surface area contributed by atoms with Gasteiger partial charge < -0.3 is 19.7 Å². The van der Waals surface area contributed by atoms with Crippen LogP contribution in [0.3, 0.4) is 0 Å². The average molecular weight is 592 g/mol. The fourth-order valence-corrected chi connectivity index (χ4v) is 3.10. The highest BCUT2D eigenvalue weighted by Crippen LogP contribution is 2.36. The Morgan fingerprint density at radius 1 is 0.667 bits per heavy atom. The molecule has 0 heterocycles. The van der Waals surface area contributed by atoms with E-state index in [1.807, 2.05) is 26.0 Å². The second-order valence-electron chi connectivity index (χ2n) is 4.33. The average Bonchev–Trinajstić information content (AvgIpc) is 2.51. The van der Waals surface area contributed by atoms with Gasteiger partial charge in [0.1, 0.15) is 23.0 Å². The lowest BCUT2D eigenvalue weighted by Crippen LogP contribution is -1.96. The summed E-state index contributed by atoms with van der Waals surface area (Å²) in [6.07, 6.45) is 0. The molecule has 132 valence electrons. The van der Waals surface area contributed by atoms with Crippen molar-refractivity contribution in [3.05, 3.63) is 42.2 Å². The Bertz CT molecular complexity index is 610. The molecule has 0 fully saturated rings. The van der Waals surface area contributed by atoms with Crippen LogP contribution in [-0.4, -0.2) is 23.4 Å². The van der Waals surface area contributed by atoms with Gasteiger partial charge in [0.2, 0.25) is 0 Å². The van der Waals surface area contributed by atoms with Crippen LogP contribution in [0, 0.1) is 0 Å². The van der Waals surface area contributed by atoms with Gasteiger partial charge in [-0.1, -0.05) is 0 Å². The normalized spacial score (nSPS) is 9.92. The molecule has 24 heavy (non-hydrogen) atoms. The molecule has 0 aromatic heterocycles. The predicted octanol–water partition coefficient (Wildman–Crippen LogP) is 6.63. The first-order chi connectivity index (χ1) is 11.3. The summed E-state index contributed by atoms with van der Waals surface area (Å²) in [6, 6.07) is 6.63. The van der Waals surface area contributed by atoms with Crippen molar-refractivity contribution in [2.45, 2.75) is 13.8 Å². The van der Waals surface area contributed by atoms with Crippen molar-refractivity contribution >= 4 is 63.7 Å². The van der Waals surface area contributed by atoms with Gasteiger partial charge >= 0.3 is 0 Å². The molecule has 8 heteroatoms. The number of aromatic hydroxyl groups is 2. The molecule has 0 aliphatic rings. The highest BCUT2D eigenvalue weighted by Gasteiger charge is 2.07. The van der Waals surface area contributed by atoms with Gasteiger partial charge in [0.15, 0.2) is 0 Å². The quantitative estimate of drug-likeness (QED) is 0.392. The van der Waals surface area contributed by atoms with E-state index in [4.69, 9.17) is 19.7 Å². The lowest BCUT2D eigenvalue weighted by atomic mass is 10.3. The van der Waals surface area contributed by atoms with E-state index in [1.165, 1.54) is 12.1 Å². The number of phenols is 2. The molecule has 0 unspecified atom stereocenters.